The lowest BCUT2D eigenvalue weighted by Gasteiger charge is -2.65. The smallest absolute Gasteiger partial charge is 0.311 e. The molecule has 0 unspecified atom stereocenters. The summed E-state index contributed by atoms with van der Waals surface area (Å²) >= 11 is 0. The van der Waals surface area contributed by atoms with Crippen LogP contribution >= 0.6 is 12.4 Å². The molecule has 3 saturated carbocycles. The molecule has 0 spiro atoms. The zero-order valence-electron chi connectivity index (χ0n) is 12.4. The highest BCUT2D eigenvalue weighted by molar-refractivity contribution is 6.55. The Balaban J connectivity index is 0.00000110. The molecule has 2 bridgehead atoms. The fourth-order valence-electron chi connectivity index (χ4n) is 5.73. The number of hydrogen-bond acceptors (Lipinski definition) is 2. The predicted molar refractivity (Wildman–Crippen MR) is 81.8 cm³/mol. The van der Waals surface area contributed by atoms with Crippen LogP contribution in [0.4, 0.5) is 0 Å². The predicted octanol–water partition coefficient (Wildman–Crippen LogP) is 3.16. The maximum absolute atomic E-state index is 6.48. The molecule has 2 aliphatic heterocycles. The molecule has 2 saturated heterocycles. The van der Waals surface area contributed by atoms with Crippen LogP contribution in [0.2, 0.25) is 6.32 Å². The van der Waals surface area contributed by atoms with Crippen LogP contribution in [-0.2, 0) is 4.65 Å². The summed E-state index contributed by atoms with van der Waals surface area (Å²) in [5, 5.41) is 3.65. The van der Waals surface area contributed by atoms with E-state index < -0.39 is 0 Å². The van der Waals surface area contributed by atoms with Crippen molar-refractivity contribution in [3.63, 3.8) is 0 Å². The van der Waals surface area contributed by atoms with Crippen molar-refractivity contribution in [3.8, 4) is 0 Å². The van der Waals surface area contributed by atoms with Crippen LogP contribution in [0.15, 0.2) is 0 Å². The first-order chi connectivity index (χ1) is 8.52. The van der Waals surface area contributed by atoms with Gasteiger partial charge in [0.2, 0.25) is 0 Å². The maximum Gasteiger partial charge on any atom is 0.311 e. The molecule has 4 heteroatoms. The Kier molecular flexibility index (Phi) is 3.28. The van der Waals surface area contributed by atoms with E-state index in [4.69, 9.17) is 4.65 Å². The quantitative estimate of drug-likeness (QED) is 0.747. The second-order valence-corrected chi connectivity index (χ2v) is 8.12. The minimum absolute atomic E-state index is 0. The summed E-state index contributed by atoms with van der Waals surface area (Å²) in [4.78, 5) is 0. The molecule has 2 nitrogen and oxygen atoms in total. The van der Waals surface area contributed by atoms with Gasteiger partial charge in [0.15, 0.2) is 0 Å². The maximum atomic E-state index is 6.48. The Hall–Kier alpha value is 0.275. The van der Waals surface area contributed by atoms with Gasteiger partial charge in [-0.3, -0.25) is 0 Å². The van der Waals surface area contributed by atoms with Crippen LogP contribution in [0.1, 0.15) is 46.5 Å². The van der Waals surface area contributed by atoms with E-state index >= 15 is 0 Å². The second kappa shape index (κ2) is 4.38. The summed E-state index contributed by atoms with van der Waals surface area (Å²) in [6, 6.07) is 0. The normalized spacial score (nSPS) is 50.4. The van der Waals surface area contributed by atoms with Gasteiger partial charge in [-0.05, 0) is 61.2 Å². The van der Waals surface area contributed by atoms with E-state index in [1.807, 2.05) is 0 Å². The molecule has 3 aliphatic carbocycles. The topological polar surface area (TPSA) is 21.3 Å². The van der Waals surface area contributed by atoms with Gasteiger partial charge in [-0.1, -0.05) is 20.8 Å². The molecule has 0 aromatic heterocycles. The van der Waals surface area contributed by atoms with Gasteiger partial charge < -0.3 is 9.97 Å². The number of nitrogens with one attached hydrogen (secondary N) is 1. The first-order valence-electron chi connectivity index (χ1n) is 7.90. The van der Waals surface area contributed by atoms with E-state index in [-0.39, 0.29) is 12.4 Å². The van der Waals surface area contributed by atoms with Gasteiger partial charge in [0, 0.05) is 12.0 Å². The van der Waals surface area contributed by atoms with Gasteiger partial charge in [0.05, 0.1) is 0 Å². The van der Waals surface area contributed by atoms with Crippen molar-refractivity contribution in [1.82, 2.24) is 5.32 Å². The summed E-state index contributed by atoms with van der Waals surface area (Å²) < 4.78 is 6.48. The molecule has 5 atom stereocenters. The third-order valence-electron chi connectivity index (χ3n) is 7.03. The molecular formula is C15H27BClNO. The van der Waals surface area contributed by atoms with Crippen molar-refractivity contribution in [3.05, 3.63) is 0 Å². The second-order valence-electron chi connectivity index (χ2n) is 8.12. The molecule has 2 heterocycles. The lowest BCUT2D eigenvalue weighted by molar-refractivity contribution is -0.180. The van der Waals surface area contributed by atoms with Gasteiger partial charge >= 0.3 is 6.92 Å². The zero-order valence-corrected chi connectivity index (χ0v) is 13.3. The summed E-state index contributed by atoms with van der Waals surface area (Å²) in [5.41, 5.74) is 1.04. The van der Waals surface area contributed by atoms with E-state index in [0.717, 1.165) is 11.8 Å². The molecule has 5 aliphatic rings. The van der Waals surface area contributed by atoms with Crippen LogP contribution in [0.3, 0.4) is 0 Å². The Morgan fingerprint density at radius 3 is 2.63 bits per heavy atom. The van der Waals surface area contributed by atoms with Crippen molar-refractivity contribution >= 4 is 19.3 Å². The van der Waals surface area contributed by atoms with Crippen LogP contribution in [0, 0.1) is 22.7 Å². The van der Waals surface area contributed by atoms with Crippen molar-refractivity contribution in [2.75, 3.05) is 6.54 Å². The Bertz CT molecular complexity index is 371. The van der Waals surface area contributed by atoms with E-state index in [1.165, 1.54) is 38.5 Å². The standard InChI is InChI=1S/C15H26BNO.ClH/c1-14(2)10-7-11(14)15(3)9-16(18-12(15)8-10)13-5-4-6-17-13;/h10-13,17H,4-9H2,1-3H3;1H/t10-,11-,12+,13-,15-;/m1./s1. The van der Waals surface area contributed by atoms with Gasteiger partial charge in [-0.2, -0.15) is 0 Å². The molecule has 0 aromatic carbocycles. The third-order valence-corrected chi connectivity index (χ3v) is 7.03. The molecule has 1 N–H and O–H groups in total. The van der Waals surface area contributed by atoms with E-state index in [1.54, 1.807) is 0 Å². The van der Waals surface area contributed by atoms with Crippen molar-refractivity contribution in [2.45, 2.75) is 64.8 Å². The van der Waals surface area contributed by atoms with Gasteiger partial charge in [-0.25, -0.2) is 0 Å². The van der Waals surface area contributed by atoms with E-state index in [2.05, 4.69) is 26.1 Å². The summed E-state index contributed by atoms with van der Waals surface area (Å²) in [7, 11) is 0. The van der Waals surface area contributed by atoms with Crippen molar-refractivity contribution < 1.29 is 4.65 Å². The van der Waals surface area contributed by atoms with Crippen LogP contribution in [-0.4, -0.2) is 25.5 Å². The molecule has 0 amide bonds. The minimum Gasteiger partial charge on any atom is -0.431 e. The zero-order chi connectivity index (χ0) is 12.5. The van der Waals surface area contributed by atoms with Crippen molar-refractivity contribution in [2.24, 2.45) is 22.7 Å². The monoisotopic (exact) mass is 283 g/mol. The molecule has 19 heavy (non-hydrogen) atoms. The van der Waals surface area contributed by atoms with Gasteiger partial charge in [0.1, 0.15) is 0 Å². The number of rotatable bonds is 1. The molecule has 108 valence electrons. The molecular weight excluding hydrogens is 256 g/mol. The fourth-order valence-corrected chi connectivity index (χ4v) is 5.73. The summed E-state index contributed by atoms with van der Waals surface area (Å²) in [5.74, 6) is 2.48. The lowest BCUT2D eigenvalue weighted by Crippen LogP contribution is -2.60. The minimum atomic E-state index is 0. The first-order valence-corrected chi connectivity index (χ1v) is 7.90. The van der Waals surface area contributed by atoms with Crippen LogP contribution in [0.5, 0.6) is 0 Å². The first kappa shape index (κ1) is 14.2. The van der Waals surface area contributed by atoms with Gasteiger partial charge in [-0.15, -0.1) is 12.4 Å². The third kappa shape index (κ3) is 1.77. The Morgan fingerprint density at radius 2 is 2.00 bits per heavy atom. The van der Waals surface area contributed by atoms with Gasteiger partial charge in [0.25, 0.3) is 0 Å². The Labute approximate surface area is 123 Å². The van der Waals surface area contributed by atoms with E-state index in [0.29, 0.717) is 29.8 Å². The highest BCUT2D eigenvalue weighted by atomic mass is 35.5. The van der Waals surface area contributed by atoms with E-state index in [9.17, 15) is 0 Å². The highest BCUT2D eigenvalue weighted by Crippen LogP contribution is 2.69. The fraction of sp³-hybridized carbons (Fsp3) is 1.00. The molecule has 0 aromatic rings. The average Bonchev–Trinajstić information content (AvgIpc) is 2.92. The molecule has 5 fully saturated rings. The van der Waals surface area contributed by atoms with Crippen LogP contribution < -0.4 is 5.32 Å². The number of hydrogen-bond donors (Lipinski definition) is 1. The Morgan fingerprint density at radius 1 is 1.21 bits per heavy atom. The largest absolute Gasteiger partial charge is 0.431 e. The lowest BCUT2D eigenvalue weighted by atomic mass is 9.37. The van der Waals surface area contributed by atoms with Crippen molar-refractivity contribution in [1.29, 1.82) is 0 Å². The number of halogens is 1. The molecule has 0 radical (unpaired) electrons. The SMILES string of the molecule is CC1(C)[C@H]2C[C@@H]3OB([C@H]4CCCN4)C[C@]3(C)[C@@H]1C2.Cl. The summed E-state index contributed by atoms with van der Waals surface area (Å²) in [6.45, 7) is 9.21. The molecule has 5 rings (SSSR count). The van der Waals surface area contributed by atoms with Crippen LogP contribution in [0.25, 0.3) is 0 Å². The summed E-state index contributed by atoms with van der Waals surface area (Å²) in [6.07, 6.45) is 7.31. The average molecular weight is 284 g/mol. The highest BCUT2D eigenvalue weighted by Gasteiger charge is 2.67.